The Hall–Kier alpha value is -0.940. The van der Waals surface area contributed by atoms with Gasteiger partial charge in [0.25, 0.3) is 0 Å². The average molecular weight is 237 g/mol. The van der Waals surface area contributed by atoms with Crippen molar-refractivity contribution in [1.29, 1.82) is 0 Å². The monoisotopic (exact) mass is 237 g/mol. The number of piperidine rings is 1. The third-order valence-corrected chi connectivity index (χ3v) is 3.86. The zero-order valence-electron chi connectivity index (χ0n) is 10.2. The van der Waals surface area contributed by atoms with Crippen LogP contribution in [-0.2, 0) is 10.2 Å². The number of rotatable bonds is 2. The molecule has 5 heteroatoms. The quantitative estimate of drug-likeness (QED) is 0.838. The normalized spacial score (nSPS) is 30.9. The van der Waals surface area contributed by atoms with Crippen LogP contribution in [0.2, 0.25) is 0 Å². The molecule has 1 unspecified atom stereocenters. The summed E-state index contributed by atoms with van der Waals surface area (Å²) in [4.78, 5) is 0. The Morgan fingerprint density at radius 1 is 1.29 bits per heavy atom. The lowest BCUT2D eigenvalue weighted by Gasteiger charge is -2.19. The van der Waals surface area contributed by atoms with Crippen molar-refractivity contribution < 1.29 is 9.15 Å². The molecule has 2 fully saturated rings. The molecule has 0 spiro atoms. The van der Waals surface area contributed by atoms with E-state index in [2.05, 4.69) is 22.4 Å². The molecule has 0 amide bonds. The molecule has 2 saturated heterocycles. The maximum atomic E-state index is 5.88. The van der Waals surface area contributed by atoms with Crippen LogP contribution in [0.5, 0.6) is 0 Å². The van der Waals surface area contributed by atoms with Crippen LogP contribution in [0, 0.1) is 0 Å². The van der Waals surface area contributed by atoms with Gasteiger partial charge in [0.15, 0.2) is 0 Å². The Balaban J connectivity index is 1.77. The number of nitrogens with zero attached hydrogens (tertiary/aromatic N) is 2. The Morgan fingerprint density at radius 2 is 2.12 bits per heavy atom. The first-order chi connectivity index (χ1) is 8.28. The molecular weight excluding hydrogens is 218 g/mol. The average Bonchev–Trinajstić information content (AvgIpc) is 2.99. The van der Waals surface area contributed by atoms with Gasteiger partial charge in [0, 0.05) is 12.5 Å². The minimum Gasteiger partial charge on any atom is -0.424 e. The summed E-state index contributed by atoms with van der Waals surface area (Å²) in [7, 11) is 0. The van der Waals surface area contributed by atoms with E-state index in [-0.39, 0.29) is 5.41 Å². The van der Waals surface area contributed by atoms with Gasteiger partial charge >= 0.3 is 0 Å². The van der Waals surface area contributed by atoms with Crippen molar-refractivity contribution in [2.24, 2.45) is 0 Å². The van der Waals surface area contributed by atoms with Crippen molar-refractivity contribution >= 4 is 0 Å². The number of hydrogen-bond acceptors (Lipinski definition) is 5. The minimum atomic E-state index is -0.0713. The highest BCUT2D eigenvalue weighted by atomic mass is 16.5. The Kier molecular flexibility index (Phi) is 2.88. The topological polar surface area (TPSA) is 60.2 Å². The molecule has 94 valence electrons. The molecule has 2 aliphatic rings. The molecule has 2 aliphatic heterocycles. The first kappa shape index (κ1) is 11.2. The molecule has 1 atom stereocenters. The van der Waals surface area contributed by atoms with E-state index < -0.39 is 0 Å². The maximum Gasteiger partial charge on any atom is 0.224 e. The van der Waals surface area contributed by atoms with Crippen LogP contribution in [0.1, 0.15) is 43.9 Å². The predicted molar refractivity (Wildman–Crippen MR) is 61.9 cm³/mol. The lowest BCUT2D eigenvalue weighted by Crippen LogP contribution is -2.26. The molecule has 0 radical (unpaired) electrons. The number of hydrogen-bond donors (Lipinski definition) is 1. The van der Waals surface area contributed by atoms with Gasteiger partial charge in [-0.05, 0) is 39.3 Å². The van der Waals surface area contributed by atoms with E-state index in [9.17, 15) is 0 Å². The molecule has 1 aromatic heterocycles. The summed E-state index contributed by atoms with van der Waals surface area (Å²) in [5, 5.41) is 11.8. The molecule has 3 heterocycles. The van der Waals surface area contributed by atoms with Crippen molar-refractivity contribution in [2.75, 3.05) is 26.3 Å². The molecule has 0 saturated carbocycles. The van der Waals surface area contributed by atoms with Crippen LogP contribution < -0.4 is 5.32 Å². The van der Waals surface area contributed by atoms with Gasteiger partial charge in [0.1, 0.15) is 0 Å². The lowest BCUT2D eigenvalue weighted by atomic mass is 9.90. The molecule has 17 heavy (non-hydrogen) atoms. The fourth-order valence-corrected chi connectivity index (χ4v) is 2.55. The second kappa shape index (κ2) is 4.38. The van der Waals surface area contributed by atoms with E-state index in [4.69, 9.17) is 9.15 Å². The first-order valence-electron chi connectivity index (χ1n) is 6.40. The summed E-state index contributed by atoms with van der Waals surface area (Å²) in [6, 6.07) is 0. The fourth-order valence-electron chi connectivity index (χ4n) is 2.55. The lowest BCUT2D eigenvalue weighted by molar-refractivity contribution is 0.172. The maximum absolute atomic E-state index is 5.88. The van der Waals surface area contributed by atoms with E-state index in [0.717, 1.165) is 50.7 Å². The zero-order valence-corrected chi connectivity index (χ0v) is 10.2. The van der Waals surface area contributed by atoms with Crippen molar-refractivity contribution in [1.82, 2.24) is 15.5 Å². The van der Waals surface area contributed by atoms with Crippen molar-refractivity contribution in [2.45, 2.75) is 37.5 Å². The van der Waals surface area contributed by atoms with E-state index in [1.807, 2.05) is 0 Å². The Morgan fingerprint density at radius 3 is 2.82 bits per heavy atom. The highest BCUT2D eigenvalue weighted by molar-refractivity contribution is 5.06. The van der Waals surface area contributed by atoms with Gasteiger partial charge in [-0.3, -0.25) is 0 Å². The number of ether oxygens (including phenoxy) is 1. The summed E-state index contributed by atoms with van der Waals surface area (Å²) in [6.07, 6.45) is 3.16. The van der Waals surface area contributed by atoms with Crippen LogP contribution in [-0.4, -0.2) is 36.5 Å². The standard InChI is InChI=1S/C12H19N3O2/c1-12(4-7-16-8-12)11-15-14-10(17-11)9-2-5-13-6-3-9/h9,13H,2-8H2,1H3. The second-order valence-electron chi connectivity index (χ2n) is 5.33. The third kappa shape index (κ3) is 2.09. The van der Waals surface area contributed by atoms with E-state index in [1.54, 1.807) is 0 Å². The summed E-state index contributed by atoms with van der Waals surface area (Å²) < 4.78 is 11.3. The third-order valence-electron chi connectivity index (χ3n) is 3.86. The fraction of sp³-hybridized carbons (Fsp3) is 0.833. The van der Waals surface area contributed by atoms with E-state index in [0.29, 0.717) is 12.5 Å². The molecule has 0 aromatic carbocycles. The highest BCUT2D eigenvalue weighted by Gasteiger charge is 2.37. The van der Waals surface area contributed by atoms with Crippen LogP contribution in [0.15, 0.2) is 4.42 Å². The van der Waals surface area contributed by atoms with Gasteiger partial charge in [-0.2, -0.15) is 0 Å². The smallest absolute Gasteiger partial charge is 0.224 e. The Labute approximate surface area is 101 Å². The van der Waals surface area contributed by atoms with Crippen LogP contribution in [0.4, 0.5) is 0 Å². The van der Waals surface area contributed by atoms with E-state index >= 15 is 0 Å². The summed E-state index contributed by atoms with van der Waals surface area (Å²) in [5.74, 6) is 2.00. The van der Waals surface area contributed by atoms with Gasteiger partial charge in [-0.25, -0.2) is 0 Å². The van der Waals surface area contributed by atoms with Gasteiger partial charge in [-0.15, -0.1) is 10.2 Å². The molecule has 0 aliphatic carbocycles. The number of aromatic nitrogens is 2. The molecular formula is C12H19N3O2. The molecule has 5 nitrogen and oxygen atoms in total. The van der Waals surface area contributed by atoms with E-state index in [1.165, 1.54) is 0 Å². The van der Waals surface area contributed by atoms with Gasteiger partial charge < -0.3 is 14.5 Å². The zero-order chi connectivity index (χ0) is 11.7. The van der Waals surface area contributed by atoms with Crippen LogP contribution >= 0.6 is 0 Å². The second-order valence-corrected chi connectivity index (χ2v) is 5.33. The summed E-state index contributed by atoms with van der Waals surface area (Å²) >= 11 is 0. The first-order valence-corrected chi connectivity index (χ1v) is 6.40. The summed E-state index contributed by atoms with van der Waals surface area (Å²) in [6.45, 7) is 5.72. The van der Waals surface area contributed by atoms with Crippen LogP contribution in [0.25, 0.3) is 0 Å². The summed E-state index contributed by atoms with van der Waals surface area (Å²) in [5.41, 5.74) is -0.0713. The van der Waals surface area contributed by atoms with Gasteiger partial charge in [0.05, 0.1) is 12.0 Å². The van der Waals surface area contributed by atoms with Crippen molar-refractivity contribution in [3.63, 3.8) is 0 Å². The largest absolute Gasteiger partial charge is 0.424 e. The highest BCUT2D eigenvalue weighted by Crippen LogP contribution is 2.33. The molecule has 1 N–H and O–H groups in total. The molecule has 0 bridgehead atoms. The number of nitrogens with one attached hydrogen (secondary N) is 1. The van der Waals surface area contributed by atoms with Crippen molar-refractivity contribution in [3.8, 4) is 0 Å². The minimum absolute atomic E-state index is 0.0713. The Bertz CT molecular complexity index is 379. The molecule has 3 rings (SSSR count). The molecule has 1 aromatic rings. The van der Waals surface area contributed by atoms with Gasteiger partial charge in [-0.1, -0.05) is 0 Å². The van der Waals surface area contributed by atoms with Crippen LogP contribution in [0.3, 0.4) is 0 Å². The predicted octanol–water partition coefficient (Wildman–Crippen LogP) is 1.21. The van der Waals surface area contributed by atoms with Crippen molar-refractivity contribution in [3.05, 3.63) is 11.8 Å². The van der Waals surface area contributed by atoms with Gasteiger partial charge in [0.2, 0.25) is 11.8 Å². The SMILES string of the molecule is CC1(c2nnc(C3CCNCC3)o2)CCOC1.